The smallest absolute Gasteiger partial charge is 0.173 e. The maximum Gasteiger partial charge on any atom is 0.173 e. The van der Waals surface area contributed by atoms with Gasteiger partial charge in [-0.25, -0.2) is 9.97 Å². The first-order chi connectivity index (χ1) is 5.24. The molecule has 0 saturated carbocycles. The Bertz CT molecular complexity index is 275. The van der Waals surface area contributed by atoms with E-state index in [1.807, 2.05) is 14.8 Å². The van der Waals surface area contributed by atoms with Crippen molar-refractivity contribution >= 4 is 13.6 Å². The number of carbonyl (C=O) groups is 1. The van der Waals surface area contributed by atoms with E-state index in [2.05, 4.69) is 9.97 Å². The van der Waals surface area contributed by atoms with Gasteiger partial charge in [-0.1, -0.05) is 0 Å². The van der Waals surface area contributed by atoms with Gasteiger partial charge >= 0.3 is 0 Å². The minimum absolute atomic E-state index is 0.0653. The lowest BCUT2D eigenvalue weighted by Gasteiger charge is -1.95. The van der Waals surface area contributed by atoms with Gasteiger partial charge in [-0.2, -0.15) is 0 Å². The molecule has 0 amide bonds. The molecule has 1 rings (SSSR count). The Morgan fingerprint density at radius 2 is 2.36 bits per heavy atom. The van der Waals surface area contributed by atoms with Crippen molar-refractivity contribution < 1.29 is 4.79 Å². The molecule has 0 bridgehead atoms. The Morgan fingerprint density at radius 3 is 2.91 bits per heavy atom. The number of ketones is 1. The van der Waals surface area contributed by atoms with Gasteiger partial charge in [0.25, 0.3) is 0 Å². The van der Waals surface area contributed by atoms with Gasteiger partial charge in [-0.15, -0.1) is 0 Å². The van der Waals surface area contributed by atoms with Gasteiger partial charge in [0.15, 0.2) is 5.78 Å². The van der Waals surface area contributed by atoms with Crippen LogP contribution >= 0.6 is 0 Å². The highest BCUT2D eigenvalue weighted by Gasteiger charge is 2.03. The number of Topliss-reactive ketones (excluding diaryl/α,β-unsaturated/α-hetero) is 1. The Labute approximate surface area is 66.3 Å². The standard InChI is InChI=1S/C7H9BN2O/c1-5-2-6(7(11)3-8)10-4-9-5/h2,4H,3,8H2,1H3. The van der Waals surface area contributed by atoms with Crippen molar-refractivity contribution in [1.29, 1.82) is 0 Å². The predicted octanol–water partition coefficient (Wildman–Crippen LogP) is 0.0191. The Balaban J connectivity index is 2.96. The van der Waals surface area contributed by atoms with Gasteiger partial charge in [0.05, 0.1) is 0 Å². The summed E-state index contributed by atoms with van der Waals surface area (Å²) in [4.78, 5) is 18.8. The fourth-order valence-electron chi connectivity index (χ4n) is 0.788. The number of aryl methyl sites for hydroxylation is 1. The van der Waals surface area contributed by atoms with Gasteiger partial charge in [0, 0.05) is 5.69 Å². The number of rotatable bonds is 2. The van der Waals surface area contributed by atoms with Crippen molar-refractivity contribution in [2.75, 3.05) is 0 Å². The molecule has 0 saturated heterocycles. The van der Waals surface area contributed by atoms with Crippen molar-refractivity contribution in [3.63, 3.8) is 0 Å². The second-order valence-electron chi connectivity index (χ2n) is 2.32. The maximum atomic E-state index is 11.1. The van der Waals surface area contributed by atoms with E-state index in [4.69, 9.17) is 0 Å². The van der Waals surface area contributed by atoms with Crippen LogP contribution < -0.4 is 0 Å². The summed E-state index contributed by atoms with van der Waals surface area (Å²) in [7, 11) is 1.82. The molecule has 4 heteroatoms. The van der Waals surface area contributed by atoms with Crippen LogP contribution in [0.4, 0.5) is 0 Å². The van der Waals surface area contributed by atoms with E-state index in [0.717, 1.165) is 5.69 Å². The quantitative estimate of drug-likeness (QED) is 0.438. The van der Waals surface area contributed by atoms with Gasteiger partial charge in [0.1, 0.15) is 19.9 Å². The lowest BCUT2D eigenvalue weighted by Crippen LogP contribution is -2.01. The normalized spacial score (nSPS) is 9.55. The summed E-state index contributed by atoms with van der Waals surface area (Å²) in [5, 5.41) is 0. The van der Waals surface area contributed by atoms with Crippen LogP contribution in [0.3, 0.4) is 0 Å². The molecule has 1 heterocycles. The first-order valence-electron chi connectivity index (χ1n) is 3.56. The van der Waals surface area contributed by atoms with Crippen LogP contribution in [0.2, 0.25) is 6.32 Å². The van der Waals surface area contributed by atoms with E-state index >= 15 is 0 Å². The molecule has 0 radical (unpaired) electrons. The minimum Gasteiger partial charge on any atom is -0.293 e. The zero-order valence-corrected chi connectivity index (χ0v) is 6.66. The highest BCUT2D eigenvalue weighted by molar-refractivity contribution is 6.23. The van der Waals surface area contributed by atoms with Crippen molar-refractivity contribution in [3.8, 4) is 0 Å². The van der Waals surface area contributed by atoms with E-state index in [1.54, 1.807) is 6.07 Å². The highest BCUT2D eigenvalue weighted by atomic mass is 16.1. The van der Waals surface area contributed by atoms with E-state index in [-0.39, 0.29) is 5.78 Å². The molecular formula is C7H9BN2O. The SMILES string of the molecule is BCC(=O)c1cc(C)ncn1. The molecule has 56 valence electrons. The molecule has 1 aromatic heterocycles. The second-order valence-corrected chi connectivity index (χ2v) is 2.32. The molecule has 11 heavy (non-hydrogen) atoms. The number of hydrogen-bond donors (Lipinski definition) is 0. The third-order valence-electron chi connectivity index (χ3n) is 1.41. The van der Waals surface area contributed by atoms with Crippen molar-refractivity contribution in [3.05, 3.63) is 23.8 Å². The van der Waals surface area contributed by atoms with E-state index in [0.29, 0.717) is 12.0 Å². The van der Waals surface area contributed by atoms with Crippen molar-refractivity contribution in [1.82, 2.24) is 9.97 Å². The molecular weight excluding hydrogens is 139 g/mol. The number of aromatic nitrogens is 2. The Kier molecular flexibility index (Phi) is 2.36. The predicted molar refractivity (Wildman–Crippen MR) is 44.5 cm³/mol. The molecule has 0 aromatic carbocycles. The molecule has 0 spiro atoms. The van der Waals surface area contributed by atoms with Crippen LogP contribution in [0.5, 0.6) is 0 Å². The fourth-order valence-corrected chi connectivity index (χ4v) is 0.788. The number of carbonyl (C=O) groups excluding carboxylic acids is 1. The number of hydrogen-bond acceptors (Lipinski definition) is 3. The van der Waals surface area contributed by atoms with Gasteiger partial charge in [-0.3, -0.25) is 4.79 Å². The third-order valence-corrected chi connectivity index (χ3v) is 1.41. The molecule has 0 N–H and O–H groups in total. The summed E-state index contributed by atoms with van der Waals surface area (Å²) in [5.41, 5.74) is 1.34. The molecule has 0 aliphatic heterocycles. The van der Waals surface area contributed by atoms with Crippen LogP contribution in [-0.2, 0) is 0 Å². The Hall–Kier alpha value is -1.19. The average Bonchev–Trinajstić information content (AvgIpc) is 2.03. The van der Waals surface area contributed by atoms with E-state index < -0.39 is 0 Å². The summed E-state index contributed by atoms with van der Waals surface area (Å²) >= 11 is 0. The van der Waals surface area contributed by atoms with Gasteiger partial charge in [-0.05, 0) is 19.3 Å². The maximum absolute atomic E-state index is 11.1. The molecule has 0 unspecified atom stereocenters. The second kappa shape index (κ2) is 3.28. The molecule has 1 aromatic rings. The minimum atomic E-state index is 0.0653. The summed E-state index contributed by atoms with van der Waals surface area (Å²) in [6.45, 7) is 1.84. The molecule has 3 nitrogen and oxygen atoms in total. The lowest BCUT2D eigenvalue weighted by molar-refractivity contribution is 0.101. The third kappa shape index (κ3) is 1.87. The van der Waals surface area contributed by atoms with Crippen LogP contribution in [0.15, 0.2) is 12.4 Å². The largest absolute Gasteiger partial charge is 0.293 e. The zero-order chi connectivity index (χ0) is 8.27. The van der Waals surface area contributed by atoms with Crippen LogP contribution in [0.1, 0.15) is 16.2 Å². The van der Waals surface area contributed by atoms with E-state index in [9.17, 15) is 4.79 Å². The van der Waals surface area contributed by atoms with Gasteiger partial charge < -0.3 is 0 Å². The lowest BCUT2D eigenvalue weighted by atomic mass is 9.99. The van der Waals surface area contributed by atoms with Crippen LogP contribution in [0.25, 0.3) is 0 Å². The monoisotopic (exact) mass is 148 g/mol. The number of nitrogens with zero attached hydrogens (tertiary/aromatic N) is 2. The summed E-state index contributed by atoms with van der Waals surface area (Å²) in [5.74, 6) is 0.0653. The summed E-state index contributed by atoms with van der Waals surface area (Å²) < 4.78 is 0. The fraction of sp³-hybridized carbons (Fsp3) is 0.286. The van der Waals surface area contributed by atoms with Crippen LogP contribution in [0, 0.1) is 6.92 Å². The molecule has 0 aliphatic carbocycles. The summed E-state index contributed by atoms with van der Waals surface area (Å²) in [6.07, 6.45) is 1.91. The Morgan fingerprint density at radius 1 is 1.64 bits per heavy atom. The van der Waals surface area contributed by atoms with Crippen LogP contribution in [-0.4, -0.2) is 23.6 Å². The molecule has 0 aliphatic rings. The van der Waals surface area contributed by atoms with Crippen molar-refractivity contribution in [2.24, 2.45) is 0 Å². The van der Waals surface area contributed by atoms with Crippen molar-refractivity contribution in [2.45, 2.75) is 13.2 Å². The first kappa shape index (κ1) is 7.92. The summed E-state index contributed by atoms with van der Waals surface area (Å²) in [6, 6.07) is 1.70. The average molecular weight is 148 g/mol. The first-order valence-corrected chi connectivity index (χ1v) is 3.56. The van der Waals surface area contributed by atoms with E-state index in [1.165, 1.54) is 6.33 Å². The van der Waals surface area contributed by atoms with Gasteiger partial charge in [0.2, 0.25) is 0 Å². The topological polar surface area (TPSA) is 42.9 Å². The molecule has 0 atom stereocenters. The molecule has 0 fully saturated rings. The zero-order valence-electron chi connectivity index (χ0n) is 6.66. The highest BCUT2D eigenvalue weighted by Crippen LogP contribution is 1.99.